The third-order valence-electron chi connectivity index (χ3n) is 19.1. The van der Waals surface area contributed by atoms with Crippen LogP contribution in [-0.4, -0.2) is 215 Å². The molecular weight excluding hydrogens is 1170 g/mol. The highest BCUT2D eigenvalue weighted by molar-refractivity contribution is 5.99. The first-order chi connectivity index (χ1) is 43.3. The minimum Gasteiger partial charge on any atom is -0.450 e. The Morgan fingerprint density at radius 2 is 1.24 bits per heavy atom. The van der Waals surface area contributed by atoms with Crippen LogP contribution in [0.5, 0.6) is 0 Å². The number of ether oxygens (including phenoxy) is 1. The number of hydrogen-bond donors (Lipinski definition) is 3. The molecule has 7 amide bonds. The van der Waals surface area contributed by atoms with Crippen LogP contribution in [-0.2, 0) is 60.7 Å². The van der Waals surface area contributed by atoms with Crippen molar-refractivity contribution in [3.63, 3.8) is 0 Å². The molecule has 92 heavy (non-hydrogen) atoms. The summed E-state index contributed by atoms with van der Waals surface area (Å²) in [6, 6.07) is 11.9. The Labute approximate surface area is 546 Å². The van der Waals surface area contributed by atoms with Crippen molar-refractivity contribution in [3.05, 3.63) is 84.1 Å². The summed E-state index contributed by atoms with van der Waals surface area (Å²) >= 11 is 0. The molecule has 506 valence electrons. The highest BCUT2D eigenvalue weighted by Gasteiger charge is 2.48. The SMILES string of the molecule is CC[C@H](C)[C@@H]1NC(=O)[C@@H]2CCCN2C(=O)[C@H](Cc2cccc(-c3ccc(N4CCN(C)CC4)nc3)c2)N(C)C(=O)[C@H](Cc2ccccc2)NC(=O)[C@H](C(C)C)N(C)C(=O)[C@@H]([C@@H](C)CC)OC(=O)[C@H](C(C)(C)O)N(C)C(=O)[C@H](CC(C)C)CC(=O)[C@H](C(C)C)N(C)C1=O. The lowest BCUT2D eigenvalue weighted by Gasteiger charge is -2.39. The molecule has 3 N–H and O–H groups in total. The summed E-state index contributed by atoms with van der Waals surface area (Å²) in [5.41, 5.74) is 1.08. The fourth-order valence-corrected chi connectivity index (χ4v) is 13.4. The Morgan fingerprint density at radius 3 is 1.82 bits per heavy atom. The summed E-state index contributed by atoms with van der Waals surface area (Å²) in [4.78, 5) is 153. The number of nitrogens with zero attached hydrogens (tertiary/aromatic N) is 8. The maximum Gasteiger partial charge on any atom is 0.332 e. The molecule has 0 bridgehead atoms. The second-order valence-electron chi connectivity index (χ2n) is 27.9. The molecule has 21 nitrogen and oxygen atoms in total. The second-order valence-corrected chi connectivity index (χ2v) is 27.9. The second kappa shape index (κ2) is 32.5. The number of Topliss-reactive ketones (excluding diaryl/α,β-unsaturated/α-hetero) is 1. The van der Waals surface area contributed by atoms with Gasteiger partial charge in [0.05, 0.1) is 11.6 Å². The van der Waals surface area contributed by atoms with E-state index in [0.717, 1.165) is 48.0 Å². The Balaban J connectivity index is 1.50. The molecule has 3 aliphatic heterocycles. The third-order valence-corrected chi connectivity index (χ3v) is 19.1. The number of piperazine rings is 1. The molecule has 0 radical (unpaired) electrons. The van der Waals surface area contributed by atoms with Gasteiger partial charge in [0.1, 0.15) is 36.0 Å². The number of likely N-dealkylation sites (N-methyl/N-ethyl adjacent to an activating group) is 5. The molecule has 0 aliphatic carbocycles. The lowest BCUT2D eigenvalue weighted by molar-refractivity contribution is -0.178. The molecule has 2 aromatic carbocycles. The zero-order chi connectivity index (χ0) is 68.2. The molecule has 0 unspecified atom stereocenters. The van der Waals surface area contributed by atoms with E-state index in [4.69, 9.17) is 9.72 Å². The number of ketones is 1. The fourth-order valence-electron chi connectivity index (χ4n) is 13.4. The minimum atomic E-state index is -1.96. The third kappa shape index (κ3) is 18.1. The van der Waals surface area contributed by atoms with Crippen LogP contribution >= 0.6 is 0 Å². The molecule has 0 spiro atoms. The molecule has 6 rings (SSSR count). The normalized spacial score (nSPS) is 25.8. The van der Waals surface area contributed by atoms with Crippen LogP contribution in [0.3, 0.4) is 0 Å². The average molecular weight is 1280 g/mol. The predicted octanol–water partition coefficient (Wildman–Crippen LogP) is 6.28. The van der Waals surface area contributed by atoms with Gasteiger partial charge in [0.2, 0.25) is 35.4 Å². The van der Waals surface area contributed by atoms with Crippen LogP contribution in [0, 0.1) is 35.5 Å². The minimum absolute atomic E-state index is 0.0166. The molecule has 3 fully saturated rings. The van der Waals surface area contributed by atoms with Crippen molar-refractivity contribution in [3.8, 4) is 11.1 Å². The van der Waals surface area contributed by atoms with Crippen molar-refractivity contribution in [1.29, 1.82) is 0 Å². The van der Waals surface area contributed by atoms with Crippen LogP contribution < -0.4 is 15.5 Å². The number of cyclic esters (lactones) is 1. The number of aliphatic hydroxyl groups is 1. The summed E-state index contributed by atoms with van der Waals surface area (Å²) in [5, 5.41) is 17.8. The maximum absolute atomic E-state index is 15.8. The Kier molecular flexibility index (Phi) is 26.1. The number of benzene rings is 2. The van der Waals surface area contributed by atoms with Gasteiger partial charge in [-0.3, -0.25) is 38.4 Å². The monoisotopic (exact) mass is 1270 g/mol. The van der Waals surface area contributed by atoms with E-state index in [1.807, 2.05) is 101 Å². The summed E-state index contributed by atoms with van der Waals surface area (Å²) < 4.78 is 6.17. The van der Waals surface area contributed by atoms with Gasteiger partial charge in [-0.1, -0.05) is 130 Å². The number of aromatic nitrogens is 1. The molecular formula is C71H106N10O11. The van der Waals surface area contributed by atoms with E-state index in [-0.39, 0.29) is 44.6 Å². The average Bonchev–Trinajstić information content (AvgIpc) is 1.31. The molecule has 21 heteroatoms. The van der Waals surface area contributed by atoms with Crippen LogP contribution in [0.1, 0.15) is 133 Å². The zero-order valence-corrected chi connectivity index (χ0v) is 57.8. The van der Waals surface area contributed by atoms with Gasteiger partial charge >= 0.3 is 5.97 Å². The van der Waals surface area contributed by atoms with Crippen molar-refractivity contribution in [1.82, 2.24) is 45.0 Å². The number of carbonyl (C=O) groups is 9. The van der Waals surface area contributed by atoms with Crippen molar-refractivity contribution in [2.45, 2.75) is 188 Å². The molecule has 3 aliphatic rings. The van der Waals surface area contributed by atoms with E-state index in [2.05, 4.69) is 27.5 Å². The van der Waals surface area contributed by atoms with E-state index >= 15 is 28.8 Å². The van der Waals surface area contributed by atoms with E-state index in [1.165, 1.54) is 61.6 Å². The van der Waals surface area contributed by atoms with Crippen molar-refractivity contribution >= 4 is 58.9 Å². The van der Waals surface area contributed by atoms with Gasteiger partial charge in [0.15, 0.2) is 17.9 Å². The van der Waals surface area contributed by atoms with Gasteiger partial charge in [-0.15, -0.1) is 0 Å². The van der Waals surface area contributed by atoms with Gasteiger partial charge in [-0.05, 0) is 99.1 Å². The molecule has 11 atom stereocenters. The summed E-state index contributed by atoms with van der Waals surface area (Å²) in [7, 11) is 7.90. The number of hydrogen-bond acceptors (Lipinski definition) is 14. The lowest BCUT2D eigenvalue weighted by atomic mass is 9.85. The Bertz CT molecular complexity index is 3030. The van der Waals surface area contributed by atoms with Crippen molar-refractivity contribution in [2.24, 2.45) is 35.5 Å². The van der Waals surface area contributed by atoms with Crippen LogP contribution in [0.15, 0.2) is 72.9 Å². The summed E-state index contributed by atoms with van der Waals surface area (Å²) in [6.45, 7) is 24.5. The molecule has 3 aromatic rings. The van der Waals surface area contributed by atoms with Gasteiger partial charge in [-0.2, -0.15) is 0 Å². The highest BCUT2D eigenvalue weighted by atomic mass is 16.6. The summed E-state index contributed by atoms with van der Waals surface area (Å²) in [5.74, 6) is -8.38. The lowest BCUT2D eigenvalue weighted by Crippen LogP contribution is -2.61. The molecule has 0 saturated carbocycles. The van der Waals surface area contributed by atoms with Crippen LogP contribution in [0.25, 0.3) is 11.1 Å². The summed E-state index contributed by atoms with van der Waals surface area (Å²) in [6.07, 6.45) is 1.56. The number of rotatable bonds is 15. The topological polar surface area (TPSA) is 243 Å². The number of amides is 7. The molecule has 3 saturated heterocycles. The van der Waals surface area contributed by atoms with Gasteiger partial charge in [0, 0.05) is 104 Å². The largest absolute Gasteiger partial charge is 0.450 e. The predicted molar refractivity (Wildman–Crippen MR) is 355 cm³/mol. The van der Waals surface area contributed by atoms with E-state index in [0.29, 0.717) is 30.4 Å². The highest BCUT2D eigenvalue weighted by Crippen LogP contribution is 2.31. The first-order valence-electron chi connectivity index (χ1n) is 33.3. The first kappa shape index (κ1) is 73.8. The smallest absolute Gasteiger partial charge is 0.332 e. The molecule has 4 heterocycles. The standard InChI is InChI=1S/C71H106N10O11/c1-18-46(9)58-68(88)77(15)59(44(5)6)56(82)41-52(37-43(3)4)65(85)79(17)62(71(11,12)91)70(90)92-61(47(10)19-2)69(89)78(16)60(45(7)8)64(84)73-53(39-48-25-21-20-22-26-48)66(86)76(14)55(67(87)81-32-24-29-54(81)63(83)74-58)40-49-27-23-28-50(38-49)51-30-31-57(72-42-51)80-35-33-75(13)34-36-80/h20-23,25-28,30-31,38,42-47,52-55,58-62,91H,18-19,24,29,32-37,39-41H2,1-17H3,(H,73,84)(H,74,83)/t46-,47-,52+,53-,54-,55-,58-,59-,60-,61+,62+/m0/s1. The number of esters is 1. The maximum atomic E-state index is 15.8. The first-order valence-corrected chi connectivity index (χ1v) is 33.3. The van der Waals surface area contributed by atoms with Crippen molar-refractivity contribution in [2.75, 3.05) is 72.9 Å². The van der Waals surface area contributed by atoms with Gasteiger partial charge in [-0.25, -0.2) is 9.78 Å². The van der Waals surface area contributed by atoms with E-state index in [9.17, 15) is 19.5 Å². The van der Waals surface area contributed by atoms with Gasteiger partial charge < -0.3 is 54.8 Å². The number of nitrogens with one attached hydrogen (secondary N) is 2. The number of pyridine rings is 1. The van der Waals surface area contributed by atoms with E-state index < -0.39 is 137 Å². The molecule has 1 aromatic heterocycles. The fraction of sp³-hybridized carbons (Fsp3) is 0.634. The number of carbonyl (C=O) groups excluding carboxylic acids is 9. The Hall–Kier alpha value is -7.26. The van der Waals surface area contributed by atoms with Crippen LogP contribution in [0.4, 0.5) is 5.82 Å². The van der Waals surface area contributed by atoms with Crippen molar-refractivity contribution < 1.29 is 53.0 Å². The van der Waals surface area contributed by atoms with Gasteiger partial charge in [0.25, 0.3) is 5.91 Å². The quantitative estimate of drug-likeness (QED) is 0.142. The van der Waals surface area contributed by atoms with E-state index in [1.54, 1.807) is 41.5 Å². The zero-order valence-electron chi connectivity index (χ0n) is 57.8. The number of fused-ring (bicyclic) bond motifs is 1. The Morgan fingerprint density at radius 1 is 0.620 bits per heavy atom. The van der Waals surface area contributed by atoms with Crippen LogP contribution in [0.2, 0.25) is 0 Å². The number of anilines is 1.